The van der Waals surface area contributed by atoms with Crippen LogP contribution < -0.4 is 0 Å². The maximum atomic E-state index is 12.4. The minimum atomic E-state index is -0.173. The Bertz CT molecular complexity index is 595. The number of carbonyl (C=O) groups excluding carboxylic acids is 1. The van der Waals surface area contributed by atoms with Crippen LogP contribution in [0.3, 0.4) is 0 Å². The van der Waals surface area contributed by atoms with Gasteiger partial charge < -0.3 is 4.74 Å². The Morgan fingerprint density at radius 3 is 2.36 bits per heavy atom. The Hall–Kier alpha value is -0.790. The molecule has 0 radical (unpaired) electrons. The summed E-state index contributed by atoms with van der Waals surface area (Å²) >= 11 is 0. The molecule has 11 atom stereocenters. The molecule has 0 spiro atoms. The number of methoxy groups -OCH3 is 1. The molecule has 11 unspecified atom stereocenters. The molecule has 2 nitrogen and oxygen atoms in total. The molecule has 6 rings (SSSR count). The average molecular weight is 298 g/mol. The van der Waals surface area contributed by atoms with Gasteiger partial charge in [0.15, 0.2) is 0 Å². The number of rotatable bonds is 1. The van der Waals surface area contributed by atoms with Gasteiger partial charge in [0.2, 0.25) is 0 Å². The zero-order chi connectivity index (χ0) is 14.8. The summed E-state index contributed by atoms with van der Waals surface area (Å²) in [4.78, 5) is 12.4. The molecular formula is C20H26O2. The molecule has 2 heteroatoms. The molecule has 0 heterocycles. The maximum absolute atomic E-state index is 12.4. The van der Waals surface area contributed by atoms with Crippen LogP contribution in [0.25, 0.3) is 0 Å². The highest BCUT2D eigenvalue weighted by Crippen LogP contribution is 2.78. The van der Waals surface area contributed by atoms with Crippen LogP contribution in [0.5, 0.6) is 0 Å². The fraction of sp³-hybridized carbons (Fsp3) is 0.850. The summed E-state index contributed by atoms with van der Waals surface area (Å²) in [5.74, 6) is 9.04. The molecule has 5 fully saturated rings. The van der Waals surface area contributed by atoms with Crippen molar-refractivity contribution in [3.8, 4) is 0 Å². The fourth-order valence-corrected chi connectivity index (χ4v) is 9.07. The molecule has 0 aliphatic heterocycles. The van der Waals surface area contributed by atoms with Gasteiger partial charge in [-0.1, -0.05) is 12.2 Å². The van der Waals surface area contributed by atoms with E-state index in [1.807, 2.05) is 0 Å². The van der Waals surface area contributed by atoms with Gasteiger partial charge in [-0.05, 0) is 91.8 Å². The first-order valence-electron chi connectivity index (χ1n) is 9.40. The smallest absolute Gasteiger partial charge is 0.311 e. The first kappa shape index (κ1) is 12.6. The predicted octanol–water partition coefficient (Wildman–Crippen LogP) is 3.53. The maximum Gasteiger partial charge on any atom is 0.311 e. The molecule has 118 valence electrons. The normalized spacial score (nSPS) is 65.2. The van der Waals surface area contributed by atoms with E-state index in [2.05, 4.69) is 19.1 Å². The Morgan fingerprint density at radius 2 is 1.68 bits per heavy atom. The van der Waals surface area contributed by atoms with E-state index in [-0.39, 0.29) is 11.4 Å². The van der Waals surface area contributed by atoms with E-state index in [4.69, 9.17) is 4.74 Å². The lowest BCUT2D eigenvalue weighted by Gasteiger charge is -2.48. The second-order valence-electron chi connectivity index (χ2n) is 9.54. The third-order valence-corrected chi connectivity index (χ3v) is 9.27. The number of carbonyl (C=O) groups is 1. The summed E-state index contributed by atoms with van der Waals surface area (Å²) in [6, 6.07) is 0. The molecule has 0 N–H and O–H groups in total. The second-order valence-corrected chi connectivity index (χ2v) is 9.54. The van der Waals surface area contributed by atoms with E-state index in [0.717, 1.165) is 59.7 Å². The predicted molar refractivity (Wildman–Crippen MR) is 82.6 cm³/mol. The van der Waals surface area contributed by atoms with E-state index in [1.54, 1.807) is 7.11 Å². The summed E-state index contributed by atoms with van der Waals surface area (Å²) in [7, 11) is 1.58. The lowest BCUT2D eigenvalue weighted by molar-refractivity contribution is -0.159. The number of hydrogen-bond acceptors (Lipinski definition) is 2. The van der Waals surface area contributed by atoms with E-state index in [1.165, 1.54) is 19.3 Å². The summed E-state index contributed by atoms with van der Waals surface area (Å²) in [5.41, 5.74) is -0.173. The van der Waals surface area contributed by atoms with E-state index in [9.17, 15) is 4.79 Å². The standard InChI is InChI=1S/C20H26O2/c1-20(19(21)22-2)8-11-6-14(20)18-13-7-12(17(11)18)15-9-3-4-10(5-9)16(13)15/h3-4,9-18H,5-8H2,1-2H3. The fourth-order valence-electron chi connectivity index (χ4n) is 9.07. The van der Waals surface area contributed by atoms with E-state index in [0.29, 0.717) is 5.92 Å². The summed E-state index contributed by atoms with van der Waals surface area (Å²) in [6.07, 6.45) is 10.4. The van der Waals surface area contributed by atoms with Gasteiger partial charge in [0.1, 0.15) is 0 Å². The first-order valence-corrected chi connectivity index (χ1v) is 9.40. The third kappa shape index (κ3) is 1.13. The molecular weight excluding hydrogens is 272 g/mol. The van der Waals surface area contributed by atoms with Crippen molar-refractivity contribution < 1.29 is 9.53 Å². The lowest BCUT2D eigenvalue weighted by atomic mass is 9.56. The van der Waals surface area contributed by atoms with Crippen LogP contribution in [0.4, 0.5) is 0 Å². The van der Waals surface area contributed by atoms with Crippen molar-refractivity contribution in [3.05, 3.63) is 12.2 Å². The van der Waals surface area contributed by atoms with Crippen LogP contribution in [0.15, 0.2) is 12.2 Å². The zero-order valence-corrected chi connectivity index (χ0v) is 13.6. The molecule has 0 saturated heterocycles. The minimum absolute atomic E-state index is 0.0746. The molecule has 0 aromatic heterocycles. The van der Waals surface area contributed by atoms with Crippen molar-refractivity contribution in [2.75, 3.05) is 7.11 Å². The van der Waals surface area contributed by atoms with Crippen LogP contribution >= 0.6 is 0 Å². The highest BCUT2D eigenvalue weighted by Gasteiger charge is 2.73. The molecule has 6 bridgehead atoms. The number of ether oxygens (including phenoxy) is 1. The summed E-state index contributed by atoms with van der Waals surface area (Å²) in [6.45, 7) is 2.21. The molecule has 0 aromatic carbocycles. The molecule has 6 aliphatic carbocycles. The van der Waals surface area contributed by atoms with E-state index < -0.39 is 0 Å². The van der Waals surface area contributed by atoms with Crippen LogP contribution in [0.1, 0.15) is 32.6 Å². The largest absolute Gasteiger partial charge is 0.469 e. The SMILES string of the molecule is COC(=O)C1(C)CC2CC1C1C3CC(C4C5C=CC(C5)C34)C21. The summed E-state index contributed by atoms with van der Waals surface area (Å²) < 4.78 is 5.20. The van der Waals surface area contributed by atoms with Gasteiger partial charge in [0.25, 0.3) is 0 Å². The van der Waals surface area contributed by atoms with Gasteiger partial charge in [0, 0.05) is 0 Å². The lowest BCUT2D eigenvalue weighted by Crippen LogP contribution is -2.47. The van der Waals surface area contributed by atoms with Crippen molar-refractivity contribution in [3.63, 3.8) is 0 Å². The number of allylic oxidation sites excluding steroid dienone is 2. The zero-order valence-electron chi connectivity index (χ0n) is 13.6. The van der Waals surface area contributed by atoms with Gasteiger partial charge >= 0.3 is 5.97 Å². The van der Waals surface area contributed by atoms with Gasteiger partial charge in [0.05, 0.1) is 12.5 Å². The topological polar surface area (TPSA) is 26.3 Å². The molecule has 5 saturated carbocycles. The van der Waals surface area contributed by atoms with Crippen molar-refractivity contribution in [1.29, 1.82) is 0 Å². The second kappa shape index (κ2) is 3.65. The molecule has 22 heavy (non-hydrogen) atoms. The van der Waals surface area contributed by atoms with Crippen molar-refractivity contribution in [2.24, 2.45) is 64.6 Å². The average Bonchev–Trinajstić information content (AvgIpc) is 3.27. The van der Waals surface area contributed by atoms with E-state index >= 15 is 0 Å². The van der Waals surface area contributed by atoms with Crippen LogP contribution in [0, 0.1) is 64.6 Å². The van der Waals surface area contributed by atoms with Crippen molar-refractivity contribution in [1.82, 2.24) is 0 Å². The van der Waals surface area contributed by atoms with Crippen LogP contribution in [-0.2, 0) is 9.53 Å². The van der Waals surface area contributed by atoms with Crippen molar-refractivity contribution >= 4 is 5.97 Å². The first-order chi connectivity index (χ1) is 10.6. The van der Waals surface area contributed by atoms with Gasteiger partial charge in [-0.3, -0.25) is 4.79 Å². The number of hydrogen-bond donors (Lipinski definition) is 0. The highest BCUT2D eigenvalue weighted by atomic mass is 16.5. The minimum Gasteiger partial charge on any atom is -0.469 e. The Morgan fingerprint density at radius 1 is 1.00 bits per heavy atom. The van der Waals surface area contributed by atoms with Crippen molar-refractivity contribution in [2.45, 2.75) is 32.6 Å². The Labute approximate surface area is 132 Å². The molecule has 0 aromatic rings. The molecule has 6 aliphatic rings. The number of esters is 1. The third-order valence-electron chi connectivity index (χ3n) is 9.27. The van der Waals surface area contributed by atoms with Gasteiger partial charge in [-0.25, -0.2) is 0 Å². The quantitative estimate of drug-likeness (QED) is 0.420. The van der Waals surface area contributed by atoms with Gasteiger partial charge in [-0.2, -0.15) is 0 Å². The Balaban J connectivity index is 1.40. The number of fused-ring (bicyclic) bond motifs is 16. The monoisotopic (exact) mass is 298 g/mol. The highest BCUT2D eigenvalue weighted by molar-refractivity contribution is 5.77. The Kier molecular flexibility index (Phi) is 2.09. The van der Waals surface area contributed by atoms with Gasteiger partial charge in [-0.15, -0.1) is 0 Å². The summed E-state index contributed by atoms with van der Waals surface area (Å²) in [5, 5.41) is 0. The molecule has 0 amide bonds. The van der Waals surface area contributed by atoms with Crippen LogP contribution in [-0.4, -0.2) is 13.1 Å². The van der Waals surface area contributed by atoms with Crippen LogP contribution in [0.2, 0.25) is 0 Å².